The van der Waals surface area contributed by atoms with Gasteiger partial charge in [0.2, 0.25) is 0 Å². The second-order valence-corrected chi connectivity index (χ2v) is 13.4. The maximum absolute atomic E-state index is 12.5. The summed E-state index contributed by atoms with van der Waals surface area (Å²) in [4.78, 5) is 34.7. The molecular weight excluding hydrogens is 647 g/mol. The van der Waals surface area contributed by atoms with Crippen molar-refractivity contribution >= 4 is 19.8 Å². The lowest BCUT2D eigenvalue weighted by molar-refractivity contribution is -0.161. The molecule has 0 bridgehead atoms. The predicted molar refractivity (Wildman–Crippen MR) is 196 cm³/mol. The van der Waals surface area contributed by atoms with Crippen LogP contribution in [0.5, 0.6) is 0 Å². The van der Waals surface area contributed by atoms with Crippen LogP contribution in [0.2, 0.25) is 0 Å². The average molecular weight is 713 g/mol. The number of ether oxygens (including phenoxy) is 2. The topological polar surface area (TPSA) is 149 Å². The van der Waals surface area contributed by atoms with Crippen molar-refractivity contribution in [2.45, 2.75) is 142 Å². The number of rotatable bonds is 33. The van der Waals surface area contributed by atoms with Gasteiger partial charge < -0.3 is 24.6 Å². The highest BCUT2D eigenvalue weighted by Crippen LogP contribution is 2.43. The molecule has 0 saturated heterocycles. The van der Waals surface area contributed by atoms with Gasteiger partial charge in [-0.3, -0.25) is 18.6 Å². The fourth-order valence-corrected chi connectivity index (χ4v) is 5.18. The highest BCUT2D eigenvalue weighted by molar-refractivity contribution is 7.47. The zero-order valence-corrected chi connectivity index (χ0v) is 31.0. The molecule has 3 atom stereocenters. The van der Waals surface area contributed by atoms with Crippen LogP contribution in [0.25, 0.3) is 0 Å². The number of allylic oxidation sites excluding steroid dienone is 10. The first-order valence-corrected chi connectivity index (χ1v) is 19.8. The molecule has 10 nitrogen and oxygen atoms in total. The molecule has 0 saturated carbocycles. The summed E-state index contributed by atoms with van der Waals surface area (Å²) < 4.78 is 32.5. The molecule has 0 spiro atoms. The van der Waals surface area contributed by atoms with Crippen molar-refractivity contribution in [1.82, 2.24) is 0 Å². The molecule has 0 aliphatic carbocycles. The number of aliphatic hydroxyl groups excluding tert-OH is 2. The van der Waals surface area contributed by atoms with E-state index in [0.29, 0.717) is 12.8 Å². The summed E-state index contributed by atoms with van der Waals surface area (Å²) in [7, 11) is -4.62. The fraction of sp³-hybridized carbons (Fsp3) is 0.684. The lowest BCUT2D eigenvalue weighted by Crippen LogP contribution is -2.29. The summed E-state index contributed by atoms with van der Waals surface area (Å²) in [5, 5.41) is 18.2. The maximum atomic E-state index is 12.5. The minimum Gasteiger partial charge on any atom is -0.462 e. The number of aliphatic hydroxyl groups is 2. The number of esters is 2. The van der Waals surface area contributed by atoms with Crippen molar-refractivity contribution in [2.75, 3.05) is 26.4 Å². The lowest BCUT2D eigenvalue weighted by atomic mass is 10.1. The van der Waals surface area contributed by atoms with E-state index in [9.17, 15) is 24.2 Å². The van der Waals surface area contributed by atoms with Crippen LogP contribution in [0, 0.1) is 0 Å². The standard InChI is InChI=1S/C38H65O10P/c1-3-5-7-9-11-13-15-16-17-18-20-22-24-26-28-30-38(42)48-36(34-47-49(43,44)46-32-35(40)31-39)33-45-37(41)29-27-25-23-21-19-14-12-10-8-6-4-2/h5,7,9-13,15-17,35-36,39-40H,3-4,6,8,14,18-34H2,1-2H3,(H,43,44)/b7-5+,11-9+,12-10+,15-13+,17-16+/t35-,36+/m0/s1. The van der Waals surface area contributed by atoms with Gasteiger partial charge in [-0.15, -0.1) is 0 Å². The molecule has 0 amide bonds. The molecule has 1 unspecified atom stereocenters. The summed E-state index contributed by atoms with van der Waals surface area (Å²) >= 11 is 0. The molecule has 0 aromatic rings. The molecule has 11 heteroatoms. The molecule has 0 aliphatic rings. The van der Waals surface area contributed by atoms with E-state index in [4.69, 9.17) is 19.1 Å². The Morgan fingerprint density at radius 3 is 1.76 bits per heavy atom. The summed E-state index contributed by atoms with van der Waals surface area (Å²) in [6.45, 7) is 2.12. The number of phosphoric acid groups is 1. The summed E-state index contributed by atoms with van der Waals surface area (Å²) in [6, 6.07) is 0. The first kappa shape index (κ1) is 46.7. The number of phosphoric ester groups is 1. The molecule has 282 valence electrons. The van der Waals surface area contributed by atoms with Gasteiger partial charge in [-0.25, -0.2) is 4.57 Å². The van der Waals surface area contributed by atoms with Crippen LogP contribution < -0.4 is 0 Å². The maximum Gasteiger partial charge on any atom is 0.472 e. The number of carbonyl (C=O) groups excluding carboxylic acids is 2. The van der Waals surface area contributed by atoms with E-state index in [1.165, 1.54) is 12.8 Å². The third-order valence-corrected chi connectivity index (χ3v) is 8.20. The van der Waals surface area contributed by atoms with Crippen molar-refractivity contribution in [3.63, 3.8) is 0 Å². The van der Waals surface area contributed by atoms with Crippen LogP contribution in [-0.2, 0) is 32.7 Å². The first-order chi connectivity index (χ1) is 23.7. The Kier molecular flexibility index (Phi) is 32.5. The minimum absolute atomic E-state index is 0.153. The molecular formula is C38H65O10P. The highest BCUT2D eigenvalue weighted by Gasteiger charge is 2.27. The molecule has 0 rings (SSSR count). The Labute approximate surface area is 296 Å². The Bertz CT molecular complexity index is 1000. The second-order valence-electron chi connectivity index (χ2n) is 12.0. The second kappa shape index (κ2) is 34.1. The van der Waals surface area contributed by atoms with Crippen LogP contribution in [0.3, 0.4) is 0 Å². The van der Waals surface area contributed by atoms with Crippen molar-refractivity contribution in [2.24, 2.45) is 0 Å². The highest BCUT2D eigenvalue weighted by atomic mass is 31.2. The SMILES string of the molecule is CC/C=C/C=C/C=C/C=C/CCCCCCCC(=O)O[C@H](COC(=O)CCCCCCC/C=C/CCCC)COP(=O)(O)OC[C@@H](O)CO. The van der Waals surface area contributed by atoms with E-state index < -0.39 is 51.8 Å². The van der Waals surface area contributed by atoms with E-state index in [1.807, 2.05) is 36.5 Å². The van der Waals surface area contributed by atoms with Crippen molar-refractivity contribution < 1.29 is 47.8 Å². The van der Waals surface area contributed by atoms with Gasteiger partial charge in [-0.2, -0.15) is 0 Å². The van der Waals surface area contributed by atoms with Crippen molar-refractivity contribution in [3.8, 4) is 0 Å². The van der Waals surface area contributed by atoms with Gasteiger partial charge in [0.15, 0.2) is 6.10 Å². The predicted octanol–water partition coefficient (Wildman–Crippen LogP) is 8.77. The third kappa shape index (κ3) is 33.9. The first-order valence-electron chi connectivity index (χ1n) is 18.3. The summed E-state index contributed by atoms with van der Waals surface area (Å²) in [6.07, 6.45) is 34.8. The van der Waals surface area contributed by atoms with Crippen molar-refractivity contribution in [1.29, 1.82) is 0 Å². The fourth-order valence-electron chi connectivity index (χ4n) is 4.39. The van der Waals surface area contributed by atoms with Gasteiger partial charge in [-0.1, -0.05) is 126 Å². The van der Waals surface area contributed by atoms with Crippen LogP contribution >= 0.6 is 7.82 Å². The van der Waals surface area contributed by atoms with Crippen LogP contribution in [0.15, 0.2) is 60.8 Å². The smallest absolute Gasteiger partial charge is 0.462 e. The molecule has 0 radical (unpaired) electrons. The lowest BCUT2D eigenvalue weighted by Gasteiger charge is -2.20. The number of unbranched alkanes of at least 4 members (excludes halogenated alkanes) is 12. The molecule has 0 aliphatic heterocycles. The van der Waals surface area contributed by atoms with Crippen LogP contribution in [-0.4, -0.2) is 65.7 Å². The number of carbonyl (C=O) groups is 2. The molecule has 0 aromatic carbocycles. The van der Waals surface area contributed by atoms with Gasteiger partial charge in [0, 0.05) is 12.8 Å². The monoisotopic (exact) mass is 712 g/mol. The van der Waals surface area contributed by atoms with Gasteiger partial charge in [0.25, 0.3) is 0 Å². The summed E-state index contributed by atoms with van der Waals surface area (Å²) in [5.41, 5.74) is 0. The molecule has 0 aromatic heterocycles. The van der Waals surface area contributed by atoms with E-state index in [0.717, 1.165) is 77.0 Å². The largest absolute Gasteiger partial charge is 0.472 e. The van der Waals surface area contributed by atoms with Crippen molar-refractivity contribution in [3.05, 3.63) is 60.8 Å². The van der Waals surface area contributed by atoms with Crippen LogP contribution in [0.1, 0.15) is 129 Å². The zero-order valence-electron chi connectivity index (χ0n) is 30.1. The van der Waals surface area contributed by atoms with E-state index in [1.54, 1.807) is 0 Å². The van der Waals surface area contributed by atoms with E-state index in [-0.39, 0.29) is 19.4 Å². The summed E-state index contributed by atoms with van der Waals surface area (Å²) in [5.74, 6) is -0.972. The third-order valence-electron chi connectivity index (χ3n) is 7.25. The normalized spacial score (nSPS) is 14.8. The molecule has 0 fully saturated rings. The quantitative estimate of drug-likeness (QED) is 0.0198. The zero-order chi connectivity index (χ0) is 36.3. The van der Waals surface area contributed by atoms with E-state index in [2.05, 4.69) is 42.7 Å². The average Bonchev–Trinajstić information content (AvgIpc) is 3.09. The molecule has 3 N–H and O–H groups in total. The molecule has 49 heavy (non-hydrogen) atoms. The number of hydrogen-bond acceptors (Lipinski definition) is 9. The van der Waals surface area contributed by atoms with Gasteiger partial charge in [0.05, 0.1) is 19.8 Å². The van der Waals surface area contributed by atoms with Crippen LogP contribution in [0.4, 0.5) is 0 Å². The Balaban J connectivity index is 4.47. The Morgan fingerprint density at radius 1 is 0.633 bits per heavy atom. The minimum atomic E-state index is -4.62. The van der Waals surface area contributed by atoms with Gasteiger partial charge in [-0.05, 0) is 51.4 Å². The molecule has 0 heterocycles. The Hall–Kier alpha value is -2.33. The Morgan fingerprint density at radius 2 is 1.14 bits per heavy atom. The van der Waals surface area contributed by atoms with Gasteiger partial charge >= 0.3 is 19.8 Å². The number of hydrogen-bond donors (Lipinski definition) is 3. The van der Waals surface area contributed by atoms with E-state index >= 15 is 0 Å². The van der Waals surface area contributed by atoms with Gasteiger partial charge in [0.1, 0.15) is 12.7 Å².